The molecule has 0 atom stereocenters. The lowest BCUT2D eigenvalue weighted by Crippen LogP contribution is -2.04. The Hall–Kier alpha value is -2.26. The number of fused-ring (bicyclic) bond motifs is 1. The number of aryl methyl sites for hydroxylation is 1. The number of H-pyrrole nitrogens is 1. The van der Waals surface area contributed by atoms with Crippen molar-refractivity contribution in [3.8, 4) is 0 Å². The minimum Gasteiger partial charge on any atom is -0.398 e. The highest BCUT2D eigenvalue weighted by molar-refractivity contribution is 6.31. The van der Waals surface area contributed by atoms with Crippen LogP contribution in [0.15, 0.2) is 42.6 Å². The molecule has 1 heterocycles. The number of nitrogens with two attached hydrogens (primary N) is 1. The van der Waals surface area contributed by atoms with Gasteiger partial charge in [0, 0.05) is 38.9 Å². The Morgan fingerprint density at radius 3 is 2.70 bits per heavy atom. The van der Waals surface area contributed by atoms with Crippen molar-refractivity contribution in [2.24, 2.45) is 0 Å². The van der Waals surface area contributed by atoms with Gasteiger partial charge in [-0.15, -0.1) is 0 Å². The zero-order chi connectivity index (χ0) is 14.3. The van der Waals surface area contributed by atoms with Gasteiger partial charge in [-0.3, -0.25) is 4.79 Å². The van der Waals surface area contributed by atoms with Crippen LogP contribution < -0.4 is 5.73 Å². The minimum atomic E-state index is -0.103. The second-order valence-corrected chi connectivity index (χ2v) is 5.25. The van der Waals surface area contributed by atoms with E-state index in [4.69, 9.17) is 17.3 Å². The third kappa shape index (κ3) is 2.06. The predicted molar refractivity (Wildman–Crippen MR) is 82.3 cm³/mol. The third-order valence-electron chi connectivity index (χ3n) is 3.34. The zero-order valence-corrected chi connectivity index (χ0v) is 11.7. The first kappa shape index (κ1) is 12.8. The summed E-state index contributed by atoms with van der Waals surface area (Å²) in [7, 11) is 0. The number of anilines is 1. The fraction of sp³-hybridized carbons (Fsp3) is 0.0625. The van der Waals surface area contributed by atoms with E-state index in [9.17, 15) is 4.79 Å². The summed E-state index contributed by atoms with van der Waals surface area (Å²) in [5.41, 5.74) is 9.45. The Kier molecular flexibility index (Phi) is 2.99. The second-order valence-electron chi connectivity index (χ2n) is 4.81. The maximum atomic E-state index is 12.6. The molecule has 0 saturated heterocycles. The van der Waals surface area contributed by atoms with Gasteiger partial charge in [-0.2, -0.15) is 0 Å². The average Bonchev–Trinajstić information content (AvgIpc) is 2.80. The molecule has 4 heteroatoms. The smallest absolute Gasteiger partial charge is 0.197 e. The molecule has 1 aromatic heterocycles. The molecule has 0 amide bonds. The lowest BCUT2D eigenvalue weighted by molar-refractivity contribution is 0.104. The highest BCUT2D eigenvalue weighted by Crippen LogP contribution is 2.25. The van der Waals surface area contributed by atoms with Crippen LogP contribution in [0.5, 0.6) is 0 Å². The molecule has 3 aromatic rings. The summed E-state index contributed by atoms with van der Waals surface area (Å²) >= 11 is 5.86. The van der Waals surface area contributed by atoms with E-state index in [1.54, 1.807) is 24.4 Å². The van der Waals surface area contributed by atoms with Crippen LogP contribution in [0.2, 0.25) is 5.02 Å². The van der Waals surface area contributed by atoms with Gasteiger partial charge in [0.25, 0.3) is 0 Å². The summed E-state index contributed by atoms with van der Waals surface area (Å²) in [6.07, 6.45) is 1.72. The van der Waals surface area contributed by atoms with Crippen molar-refractivity contribution < 1.29 is 4.79 Å². The van der Waals surface area contributed by atoms with Crippen LogP contribution in [0.1, 0.15) is 21.5 Å². The first-order chi connectivity index (χ1) is 9.56. The number of benzene rings is 2. The topological polar surface area (TPSA) is 58.9 Å². The predicted octanol–water partition coefficient (Wildman–Crippen LogP) is 3.94. The summed E-state index contributed by atoms with van der Waals surface area (Å²) in [6.45, 7) is 2.01. The fourth-order valence-corrected chi connectivity index (χ4v) is 2.49. The normalized spacial score (nSPS) is 10.9. The molecule has 0 bridgehead atoms. The molecule has 2 aromatic carbocycles. The van der Waals surface area contributed by atoms with E-state index in [1.807, 2.05) is 25.1 Å². The largest absolute Gasteiger partial charge is 0.398 e. The number of carbonyl (C=O) groups excluding carboxylic acids is 1. The first-order valence-electron chi connectivity index (χ1n) is 6.24. The van der Waals surface area contributed by atoms with Crippen LogP contribution in [-0.4, -0.2) is 10.8 Å². The first-order valence-corrected chi connectivity index (χ1v) is 6.61. The van der Waals surface area contributed by atoms with Crippen molar-refractivity contribution in [3.05, 3.63) is 64.3 Å². The van der Waals surface area contributed by atoms with Gasteiger partial charge in [-0.1, -0.05) is 23.7 Å². The number of ketones is 1. The lowest BCUT2D eigenvalue weighted by atomic mass is 10.0. The maximum absolute atomic E-state index is 12.6. The number of rotatable bonds is 2. The van der Waals surface area contributed by atoms with Crippen LogP contribution in [0.25, 0.3) is 10.9 Å². The molecule has 0 aliphatic heterocycles. The Labute approximate surface area is 121 Å². The van der Waals surface area contributed by atoms with Gasteiger partial charge in [0.15, 0.2) is 5.78 Å². The molecule has 0 aliphatic carbocycles. The molecule has 3 nitrogen and oxygen atoms in total. The van der Waals surface area contributed by atoms with Crippen LogP contribution >= 0.6 is 11.6 Å². The van der Waals surface area contributed by atoms with E-state index in [2.05, 4.69) is 4.98 Å². The van der Waals surface area contributed by atoms with Crippen molar-refractivity contribution in [2.45, 2.75) is 6.92 Å². The monoisotopic (exact) mass is 284 g/mol. The van der Waals surface area contributed by atoms with Crippen molar-refractivity contribution in [1.82, 2.24) is 4.98 Å². The number of halogens is 1. The molecule has 3 N–H and O–H groups in total. The Morgan fingerprint density at radius 2 is 1.95 bits per heavy atom. The number of aromatic nitrogens is 1. The van der Waals surface area contributed by atoms with Crippen molar-refractivity contribution in [2.75, 3.05) is 5.73 Å². The molecule has 0 aliphatic rings. The molecule has 0 spiro atoms. The molecular weight excluding hydrogens is 272 g/mol. The van der Waals surface area contributed by atoms with Crippen molar-refractivity contribution in [3.63, 3.8) is 0 Å². The number of carbonyl (C=O) groups is 1. The van der Waals surface area contributed by atoms with Crippen LogP contribution in [-0.2, 0) is 0 Å². The van der Waals surface area contributed by atoms with Crippen molar-refractivity contribution in [1.29, 1.82) is 0 Å². The number of hydrogen-bond donors (Lipinski definition) is 2. The average molecular weight is 285 g/mol. The summed E-state index contributed by atoms with van der Waals surface area (Å²) in [6, 6.07) is 10.9. The molecular formula is C16H13ClN2O. The molecule has 0 unspecified atom stereocenters. The maximum Gasteiger partial charge on any atom is 0.197 e. The Balaban J connectivity index is 2.13. The summed E-state index contributed by atoms with van der Waals surface area (Å²) in [5.74, 6) is -0.103. The van der Waals surface area contributed by atoms with E-state index in [0.29, 0.717) is 21.8 Å². The van der Waals surface area contributed by atoms with Crippen molar-refractivity contribution >= 4 is 34.0 Å². The van der Waals surface area contributed by atoms with E-state index in [-0.39, 0.29) is 5.78 Å². The van der Waals surface area contributed by atoms with E-state index in [1.165, 1.54) is 0 Å². The molecule has 100 valence electrons. The van der Waals surface area contributed by atoms with Gasteiger partial charge < -0.3 is 10.7 Å². The Morgan fingerprint density at radius 1 is 1.15 bits per heavy atom. The van der Waals surface area contributed by atoms with Gasteiger partial charge in [0.1, 0.15) is 0 Å². The van der Waals surface area contributed by atoms with Gasteiger partial charge in [-0.25, -0.2) is 0 Å². The Bertz CT molecular complexity index is 820. The molecule has 0 radical (unpaired) electrons. The second kappa shape index (κ2) is 4.69. The van der Waals surface area contributed by atoms with Crippen LogP contribution in [0, 0.1) is 6.92 Å². The third-order valence-corrected chi connectivity index (χ3v) is 3.58. The summed E-state index contributed by atoms with van der Waals surface area (Å²) < 4.78 is 0. The number of nitrogens with one attached hydrogen (secondary N) is 1. The molecule has 20 heavy (non-hydrogen) atoms. The SMILES string of the molecule is Cc1ccc2c(C(=O)c3ccc(Cl)cc3N)c[nH]c2c1. The molecule has 0 fully saturated rings. The van der Waals surface area contributed by atoms with Gasteiger partial charge in [0.2, 0.25) is 0 Å². The minimum absolute atomic E-state index is 0.103. The van der Waals surface area contributed by atoms with Gasteiger partial charge in [-0.05, 0) is 36.8 Å². The van der Waals surface area contributed by atoms with E-state index >= 15 is 0 Å². The van der Waals surface area contributed by atoms with Gasteiger partial charge in [0.05, 0.1) is 0 Å². The standard InChI is InChI=1S/C16H13ClN2O/c1-9-2-4-11-13(8-19-15(11)6-9)16(20)12-5-3-10(17)7-14(12)18/h2-8,19H,18H2,1H3. The molecule has 0 saturated carbocycles. The zero-order valence-electron chi connectivity index (χ0n) is 10.9. The summed E-state index contributed by atoms with van der Waals surface area (Å²) in [5, 5.41) is 1.42. The summed E-state index contributed by atoms with van der Waals surface area (Å²) in [4.78, 5) is 15.7. The lowest BCUT2D eigenvalue weighted by Gasteiger charge is -2.04. The number of aromatic amines is 1. The number of hydrogen-bond acceptors (Lipinski definition) is 2. The highest BCUT2D eigenvalue weighted by Gasteiger charge is 2.16. The highest BCUT2D eigenvalue weighted by atomic mass is 35.5. The van der Waals surface area contributed by atoms with Crippen LogP contribution in [0.3, 0.4) is 0 Å². The van der Waals surface area contributed by atoms with E-state index < -0.39 is 0 Å². The van der Waals surface area contributed by atoms with E-state index in [0.717, 1.165) is 16.5 Å². The molecule has 3 rings (SSSR count). The van der Waals surface area contributed by atoms with Crippen LogP contribution in [0.4, 0.5) is 5.69 Å². The van der Waals surface area contributed by atoms with Gasteiger partial charge >= 0.3 is 0 Å². The number of nitrogen functional groups attached to an aromatic ring is 1. The quantitative estimate of drug-likeness (QED) is 0.553. The fourth-order valence-electron chi connectivity index (χ4n) is 2.31.